The number of amides is 1. The summed E-state index contributed by atoms with van der Waals surface area (Å²) in [6.45, 7) is 6.01. The number of nitrogens with zero attached hydrogens (tertiary/aromatic N) is 3. The first-order chi connectivity index (χ1) is 11.0. The molecule has 1 aromatic heterocycles. The quantitative estimate of drug-likeness (QED) is 0.866. The number of ether oxygens (including phenoxy) is 1. The van der Waals surface area contributed by atoms with Crippen LogP contribution in [0.3, 0.4) is 0 Å². The lowest BCUT2D eigenvalue weighted by atomic mass is 10.2. The second kappa shape index (κ2) is 6.62. The third-order valence-corrected chi connectivity index (χ3v) is 3.46. The lowest BCUT2D eigenvalue weighted by Gasteiger charge is -2.24. The standard InChI is InChI=1S/C14H18ClF3N4O2/c1-13(2,3)24-12(23)22-5-4-8(7-22)20-11-19-6-9(15)10(21-11)14(16,17)18/h6,8H,4-5,7H2,1-3H3,(H,19,20,21). The smallest absolute Gasteiger partial charge is 0.435 e. The maximum atomic E-state index is 12.8. The van der Waals surface area contributed by atoms with E-state index in [1.807, 2.05) is 0 Å². The molecule has 0 aliphatic carbocycles. The van der Waals surface area contributed by atoms with Crippen molar-refractivity contribution in [1.29, 1.82) is 0 Å². The molecule has 24 heavy (non-hydrogen) atoms. The van der Waals surface area contributed by atoms with Crippen LogP contribution in [-0.4, -0.2) is 45.7 Å². The molecule has 0 aromatic carbocycles. The molecule has 0 spiro atoms. The average Bonchev–Trinajstić information content (AvgIpc) is 2.86. The van der Waals surface area contributed by atoms with Crippen molar-refractivity contribution in [3.05, 3.63) is 16.9 Å². The molecule has 2 rings (SSSR count). The SMILES string of the molecule is CC(C)(C)OC(=O)N1CCC(Nc2ncc(Cl)c(C(F)(F)F)n2)C1. The van der Waals surface area contributed by atoms with Crippen molar-refractivity contribution < 1.29 is 22.7 Å². The molecule has 1 saturated heterocycles. The molecule has 1 fully saturated rings. The van der Waals surface area contributed by atoms with Gasteiger partial charge in [0, 0.05) is 19.1 Å². The molecule has 0 saturated carbocycles. The summed E-state index contributed by atoms with van der Waals surface area (Å²) in [6.07, 6.45) is -3.67. The lowest BCUT2D eigenvalue weighted by Crippen LogP contribution is -2.36. The Morgan fingerprint density at radius 2 is 2.08 bits per heavy atom. The van der Waals surface area contributed by atoms with E-state index in [1.165, 1.54) is 4.90 Å². The molecule has 1 atom stereocenters. The number of likely N-dealkylation sites (tertiary alicyclic amines) is 1. The van der Waals surface area contributed by atoms with Gasteiger partial charge in [-0.2, -0.15) is 13.2 Å². The van der Waals surface area contributed by atoms with E-state index >= 15 is 0 Å². The number of nitrogens with one attached hydrogen (secondary N) is 1. The molecule has 1 aliphatic heterocycles. The van der Waals surface area contributed by atoms with Crippen molar-refractivity contribution in [2.45, 2.75) is 45.0 Å². The molecule has 1 N–H and O–H groups in total. The number of halogens is 4. The van der Waals surface area contributed by atoms with E-state index in [1.54, 1.807) is 20.8 Å². The summed E-state index contributed by atoms with van der Waals surface area (Å²) in [5.74, 6) is -0.178. The van der Waals surface area contributed by atoms with Gasteiger partial charge in [0.05, 0.1) is 11.2 Å². The molecule has 134 valence electrons. The summed E-state index contributed by atoms with van der Waals surface area (Å²) < 4.78 is 43.6. The third kappa shape index (κ3) is 4.86. The van der Waals surface area contributed by atoms with Gasteiger partial charge in [-0.15, -0.1) is 0 Å². The second-order valence-corrected chi connectivity index (χ2v) is 6.85. The monoisotopic (exact) mass is 366 g/mol. The van der Waals surface area contributed by atoms with Crippen molar-refractivity contribution in [2.75, 3.05) is 18.4 Å². The van der Waals surface area contributed by atoms with Gasteiger partial charge in [-0.3, -0.25) is 0 Å². The topological polar surface area (TPSA) is 67.3 Å². The minimum Gasteiger partial charge on any atom is -0.444 e. The summed E-state index contributed by atoms with van der Waals surface area (Å²) in [6, 6.07) is -0.264. The second-order valence-electron chi connectivity index (χ2n) is 6.44. The van der Waals surface area contributed by atoms with Crippen molar-refractivity contribution in [3.8, 4) is 0 Å². The van der Waals surface area contributed by atoms with E-state index in [2.05, 4.69) is 15.3 Å². The van der Waals surface area contributed by atoms with Crippen LogP contribution in [0.1, 0.15) is 32.9 Å². The fourth-order valence-electron chi connectivity index (χ4n) is 2.19. The Labute approximate surface area is 142 Å². The normalized spacial score (nSPS) is 18.6. The Balaban J connectivity index is 2.00. The van der Waals surface area contributed by atoms with Gasteiger partial charge < -0.3 is 15.0 Å². The third-order valence-electron chi connectivity index (χ3n) is 3.19. The fraction of sp³-hybridized carbons (Fsp3) is 0.643. The van der Waals surface area contributed by atoms with Gasteiger partial charge >= 0.3 is 12.3 Å². The minimum atomic E-state index is -4.66. The van der Waals surface area contributed by atoms with Gasteiger partial charge in [-0.1, -0.05) is 11.6 Å². The summed E-state index contributed by atoms with van der Waals surface area (Å²) in [7, 11) is 0. The van der Waals surface area contributed by atoms with Gasteiger partial charge in [0.2, 0.25) is 5.95 Å². The molecule has 1 aliphatic rings. The molecule has 1 amide bonds. The van der Waals surface area contributed by atoms with E-state index in [0.29, 0.717) is 19.5 Å². The van der Waals surface area contributed by atoms with Crippen LogP contribution in [0.15, 0.2) is 6.20 Å². The summed E-state index contributed by atoms with van der Waals surface area (Å²) in [5, 5.41) is 2.24. The van der Waals surface area contributed by atoms with Crippen LogP contribution in [0.4, 0.5) is 23.9 Å². The van der Waals surface area contributed by atoms with E-state index in [-0.39, 0.29) is 12.0 Å². The van der Waals surface area contributed by atoms with E-state index in [4.69, 9.17) is 16.3 Å². The van der Waals surface area contributed by atoms with Crippen LogP contribution in [0.5, 0.6) is 0 Å². The molecule has 6 nitrogen and oxygen atoms in total. The number of aromatic nitrogens is 2. The van der Waals surface area contributed by atoms with Crippen molar-refractivity contribution in [1.82, 2.24) is 14.9 Å². The number of alkyl halides is 3. The highest BCUT2D eigenvalue weighted by Gasteiger charge is 2.36. The van der Waals surface area contributed by atoms with Crippen LogP contribution >= 0.6 is 11.6 Å². The molecule has 0 radical (unpaired) electrons. The highest BCUT2D eigenvalue weighted by Crippen LogP contribution is 2.33. The maximum absolute atomic E-state index is 12.8. The van der Waals surface area contributed by atoms with Crippen LogP contribution in [0.2, 0.25) is 5.02 Å². The zero-order valence-electron chi connectivity index (χ0n) is 13.4. The first kappa shape index (κ1) is 18.6. The zero-order valence-corrected chi connectivity index (χ0v) is 14.2. The van der Waals surface area contributed by atoms with Crippen LogP contribution < -0.4 is 5.32 Å². The number of carbonyl (C=O) groups is 1. The molecule has 1 unspecified atom stereocenters. The first-order valence-electron chi connectivity index (χ1n) is 7.30. The minimum absolute atomic E-state index is 0.178. The summed E-state index contributed by atoms with van der Waals surface area (Å²) in [4.78, 5) is 20.6. The highest BCUT2D eigenvalue weighted by atomic mass is 35.5. The summed E-state index contributed by atoms with van der Waals surface area (Å²) in [5.41, 5.74) is -1.80. The van der Waals surface area contributed by atoms with Crippen molar-refractivity contribution >= 4 is 23.6 Å². The van der Waals surface area contributed by atoms with Gasteiger partial charge in [0.1, 0.15) is 5.60 Å². The van der Waals surface area contributed by atoms with Gasteiger partial charge in [0.15, 0.2) is 5.69 Å². The molecule has 0 bridgehead atoms. The highest BCUT2D eigenvalue weighted by molar-refractivity contribution is 6.31. The predicted molar refractivity (Wildman–Crippen MR) is 81.9 cm³/mol. The molecule has 10 heteroatoms. The van der Waals surface area contributed by atoms with E-state index < -0.39 is 28.6 Å². The predicted octanol–water partition coefficient (Wildman–Crippen LogP) is 3.57. The van der Waals surface area contributed by atoms with Crippen molar-refractivity contribution in [2.24, 2.45) is 0 Å². The lowest BCUT2D eigenvalue weighted by molar-refractivity contribution is -0.141. The van der Waals surface area contributed by atoms with Crippen molar-refractivity contribution in [3.63, 3.8) is 0 Å². The number of carbonyl (C=O) groups excluding carboxylic acids is 1. The largest absolute Gasteiger partial charge is 0.444 e. The Kier molecular flexibility index (Phi) is 5.12. The molecular formula is C14H18ClF3N4O2. The van der Waals surface area contributed by atoms with Gasteiger partial charge in [-0.25, -0.2) is 14.8 Å². The van der Waals surface area contributed by atoms with Crippen LogP contribution in [0.25, 0.3) is 0 Å². The van der Waals surface area contributed by atoms with Crippen LogP contribution in [-0.2, 0) is 10.9 Å². The zero-order chi connectivity index (χ0) is 18.1. The first-order valence-corrected chi connectivity index (χ1v) is 7.68. The maximum Gasteiger partial charge on any atom is 0.435 e. The Morgan fingerprint density at radius 1 is 1.42 bits per heavy atom. The Morgan fingerprint density at radius 3 is 2.67 bits per heavy atom. The number of hydrogen-bond acceptors (Lipinski definition) is 5. The van der Waals surface area contributed by atoms with E-state index in [0.717, 1.165) is 6.20 Å². The number of hydrogen-bond donors (Lipinski definition) is 1. The summed E-state index contributed by atoms with van der Waals surface area (Å²) >= 11 is 5.48. The van der Waals surface area contributed by atoms with Gasteiger partial charge in [0.25, 0.3) is 0 Å². The average molecular weight is 367 g/mol. The molecule has 1 aromatic rings. The number of anilines is 1. The van der Waals surface area contributed by atoms with Gasteiger partial charge in [-0.05, 0) is 27.2 Å². The van der Waals surface area contributed by atoms with Crippen LogP contribution in [0, 0.1) is 0 Å². The molecule has 2 heterocycles. The fourth-order valence-corrected chi connectivity index (χ4v) is 2.39. The number of rotatable bonds is 2. The molecular weight excluding hydrogens is 349 g/mol. The Hall–Kier alpha value is -1.77. The Bertz CT molecular complexity index is 619. The van der Waals surface area contributed by atoms with E-state index in [9.17, 15) is 18.0 Å².